The van der Waals surface area contributed by atoms with Crippen molar-refractivity contribution in [2.45, 2.75) is 53.1 Å². The Morgan fingerprint density at radius 2 is 1.93 bits per heavy atom. The first-order valence-corrected chi connectivity index (χ1v) is 5.85. The van der Waals surface area contributed by atoms with E-state index in [0.717, 1.165) is 0 Å². The third-order valence-corrected chi connectivity index (χ3v) is 3.41. The molecule has 0 spiro atoms. The Morgan fingerprint density at radius 3 is 2.33 bits per heavy atom. The molecule has 1 amide bonds. The predicted molar refractivity (Wildman–Crippen MR) is 62.6 cm³/mol. The average Bonchev–Trinajstić information content (AvgIpc) is 2.70. The minimum atomic E-state index is 0.110. The highest BCUT2D eigenvalue weighted by Gasteiger charge is 2.45. The fraction of sp³-hybridized carbons (Fsp3) is 0.917. The van der Waals surface area contributed by atoms with Crippen LogP contribution in [0.5, 0.6) is 0 Å². The molecule has 0 aliphatic heterocycles. The van der Waals surface area contributed by atoms with Crippen LogP contribution in [0, 0.1) is 11.3 Å². The summed E-state index contributed by atoms with van der Waals surface area (Å²) in [6.45, 7) is 11.2. The fourth-order valence-corrected chi connectivity index (χ4v) is 1.50. The van der Waals surface area contributed by atoms with Crippen LogP contribution in [-0.4, -0.2) is 24.5 Å². The van der Waals surface area contributed by atoms with Crippen LogP contribution in [-0.2, 0) is 4.79 Å². The first-order chi connectivity index (χ1) is 6.83. The predicted octanol–water partition coefficient (Wildman–Crippen LogP) is 1.54. The highest BCUT2D eigenvalue weighted by molar-refractivity contribution is 5.78. The van der Waals surface area contributed by atoms with Gasteiger partial charge < -0.3 is 10.6 Å². The zero-order valence-corrected chi connectivity index (χ0v) is 10.6. The van der Waals surface area contributed by atoms with Crippen molar-refractivity contribution in [1.82, 2.24) is 10.6 Å². The smallest absolute Gasteiger partial charge is 0.234 e. The Hall–Kier alpha value is -0.570. The molecule has 0 heterocycles. The van der Waals surface area contributed by atoms with Crippen LogP contribution in [0.4, 0.5) is 0 Å². The number of hydrogen-bond donors (Lipinski definition) is 2. The van der Waals surface area contributed by atoms with Crippen LogP contribution < -0.4 is 10.6 Å². The zero-order valence-electron chi connectivity index (χ0n) is 10.6. The van der Waals surface area contributed by atoms with Crippen molar-refractivity contribution < 1.29 is 4.79 Å². The third-order valence-electron chi connectivity index (χ3n) is 3.41. The summed E-state index contributed by atoms with van der Waals surface area (Å²) in [6, 6.07) is 0.782. The van der Waals surface area contributed by atoms with Crippen LogP contribution >= 0.6 is 0 Å². The number of rotatable bonds is 5. The second kappa shape index (κ2) is 4.52. The molecule has 0 aromatic heterocycles. The van der Waals surface area contributed by atoms with Crippen molar-refractivity contribution in [1.29, 1.82) is 0 Å². The van der Waals surface area contributed by atoms with E-state index in [1.165, 1.54) is 6.42 Å². The van der Waals surface area contributed by atoms with Crippen LogP contribution in [0.15, 0.2) is 0 Å². The lowest BCUT2D eigenvalue weighted by molar-refractivity contribution is -0.121. The van der Waals surface area contributed by atoms with E-state index in [1.54, 1.807) is 0 Å². The highest BCUT2D eigenvalue weighted by atomic mass is 16.2. The summed E-state index contributed by atoms with van der Waals surface area (Å²) >= 11 is 0. The molecule has 15 heavy (non-hydrogen) atoms. The van der Waals surface area contributed by atoms with Gasteiger partial charge in [0.15, 0.2) is 0 Å². The number of amides is 1. The van der Waals surface area contributed by atoms with Crippen molar-refractivity contribution in [3.63, 3.8) is 0 Å². The molecule has 1 rings (SSSR count). The molecular formula is C12H24N2O. The fourth-order valence-electron chi connectivity index (χ4n) is 1.50. The molecule has 2 N–H and O–H groups in total. The van der Waals surface area contributed by atoms with E-state index >= 15 is 0 Å². The van der Waals surface area contributed by atoms with E-state index in [0.29, 0.717) is 23.9 Å². The number of carbonyl (C=O) groups excluding carboxylic acids is 1. The molecule has 0 saturated heterocycles. The lowest BCUT2D eigenvalue weighted by atomic mass is 10.1. The van der Waals surface area contributed by atoms with Crippen molar-refractivity contribution in [2.24, 2.45) is 11.3 Å². The maximum atomic E-state index is 11.5. The van der Waals surface area contributed by atoms with Crippen molar-refractivity contribution in [3.8, 4) is 0 Å². The minimum absolute atomic E-state index is 0.110. The van der Waals surface area contributed by atoms with Crippen molar-refractivity contribution >= 4 is 5.91 Å². The molecule has 1 fully saturated rings. The summed E-state index contributed by atoms with van der Waals surface area (Å²) < 4.78 is 0. The zero-order chi connectivity index (χ0) is 11.6. The first kappa shape index (κ1) is 12.5. The van der Waals surface area contributed by atoms with Crippen LogP contribution in [0.2, 0.25) is 0 Å². The lowest BCUT2D eigenvalue weighted by Crippen LogP contribution is -2.42. The minimum Gasteiger partial charge on any atom is -0.352 e. The molecule has 1 aliphatic carbocycles. The van der Waals surface area contributed by atoms with Crippen LogP contribution in [0.3, 0.4) is 0 Å². The summed E-state index contributed by atoms with van der Waals surface area (Å²) in [6.07, 6.45) is 1.18. The maximum absolute atomic E-state index is 11.5. The van der Waals surface area contributed by atoms with E-state index in [-0.39, 0.29) is 11.9 Å². The topological polar surface area (TPSA) is 41.1 Å². The van der Waals surface area contributed by atoms with Gasteiger partial charge in [0.1, 0.15) is 0 Å². The molecule has 0 bridgehead atoms. The summed E-state index contributed by atoms with van der Waals surface area (Å²) in [4.78, 5) is 11.5. The van der Waals surface area contributed by atoms with Gasteiger partial charge in [-0.05, 0) is 24.7 Å². The Labute approximate surface area is 93.0 Å². The van der Waals surface area contributed by atoms with E-state index in [1.807, 2.05) is 6.92 Å². The van der Waals surface area contributed by atoms with Gasteiger partial charge in [0, 0.05) is 12.1 Å². The summed E-state index contributed by atoms with van der Waals surface area (Å²) in [5.74, 6) is 0.602. The highest BCUT2D eigenvalue weighted by Crippen LogP contribution is 2.44. The molecular weight excluding hydrogens is 188 g/mol. The number of nitrogens with one attached hydrogen (secondary N) is 2. The molecule has 3 heteroatoms. The number of carbonyl (C=O) groups is 1. The number of hydrogen-bond acceptors (Lipinski definition) is 2. The lowest BCUT2D eigenvalue weighted by Gasteiger charge is -2.17. The van der Waals surface area contributed by atoms with Gasteiger partial charge in [-0.15, -0.1) is 0 Å². The van der Waals surface area contributed by atoms with E-state index in [2.05, 4.69) is 38.3 Å². The Bertz CT molecular complexity index is 236. The Balaban J connectivity index is 2.15. The standard InChI is InChI=1S/C12H24N2O/c1-8(2)9(3)14-11(15)7-13-10-6-12(10,4)5/h8-10,13H,6-7H2,1-5H3,(H,14,15). The van der Waals surface area contributed by atoms with Gasteiger partial charge in [0.25, 0.3) is 0 Å². The average molecular weight is 212 g/mol. The quantitative estimate of drug-likeness (QED) is 0.725. The second-order valence-corrected chi connectivity index (χ2v) is 5.73. The van der Waals surface area contributed by atoms with Gasteiger partial charge in [-0.25, -0.2) is 0 Å². The summed E-state index contributed by atoms with van der Waals surface area (Å²) in [7, 11) is 0. The molecule has 88 valence electrons. The second-order valence-electron chi connectivity index (χ2n) is 5.73. The SMILES string of the molecule is CC(C)C(C)NC(=O)CNC1CC1(C)C. The van der Waals surface area contributed by atoms with Gasteiger partial charge in [-0.1, -0.05) is 27.7 Å². The van der Waals surface area contributed by atoms with E-state index in [9.17, 15) is 4.79 Å². The molecule has 2 unspecified atom stereocenters. The monoisotopic (exact) mass is 212 g/mol. The molecule has 1 saturated carbocycles. The summed E-state index contributed by atoms with van der Waals surface area (Å²) in [5.41, 5.74) is 0.393. The van der Waals surface area contributed by atoms with E-state index in [4.69, 9.17) is 0 Å². The van der Waals surface area contributed by atoms with Gasteiger partial charge >= 0.3 is 0 Å². The summed E-state index contributed by atoms with van der Waals surface area (Å²) in [5, 5.41) is 6.27. The molecule has 1 aliphatic rings. The van der Waals surface area contributed by atoms with Crippen LogP contribution in [0.25, 0.3) is 0 Å². The van der Waals surface area contributed by atoms with Gasteiger partial charge in [-0.2, -0.15) is 0 Å². The van der Waals surface area contributed by atoms with Crippen LogP contribution in [0.1, 0.15) is 41.0 Å². The molecule has 2 atom stereocenters. The Morgan fingerprint density at radius 1 is 1.40 bits per heavy atom. The molecule has 0 aromatic carbocycles. The molecule has 3 nitrogen and oxygen atoms in total. The van der Waals surface area contributed by atoms with Crippen molar-refractivity contribution in [3.05, 3.63) is 0 Å². The molecule has 0 aromatic rings. The van der Waals surface area contributed by atoms with Crippen molar-refractivity contribution in [2.75, 3.05) is 6.54 Å². The largest absolute Gasteiger partial charge is 0.352 e. The van der Waals surface area contributed by atoms with E-state index < -0.39 is 0 Å². The first-order valence-electron chi connectivity index (χ1n) is 5.85. The third kappa shape index (κ3) is 3.82. The van der Waals surface area contributed by atoms with Gasteiger partial charge in [0.2, 0.25) is 5.91 Å². The van der Waals surface area contributed by atoms with Gasteiger partial charge in [-0.3, -0.25) is 4.79 Å². The van der Waals surface area contributed by atoms with Gasteiger partial charge in [0.05, 0.1) is 6.54 Å². The normalized spacial score (nSPS) is 25.1. The molecule has 0 radical (unpaired) electrons. The Kier molecular flexibility index (Phi) is 3.77. The maximum Gasteiger partial charge on any atom is 0.234 e.